The second-order valence-electron chi connectivity index (χ2n) is 5.53. The Labute approximate surface area is 141 Å². The van der Waals surface area contributed by atoms with Gasteiger partial charge in [0.25, 0.3) is 10.0 Å². The predicted molar refractivity (Wildman–Crippen MR) is 95.4 cm³/mol. The van der Waals surface area contributed by atoms with E-state index in [0.717, 1.165) is 34.6 Å². The Morgan fingerprint density at radius 1 is 1.22 bits per heavy atom. The highest BCUT2D eigenvalue weighted by atomic mass is 32.2. The first-order valence-electron chi connectivity index (χ1n) is 7.55. The summed E-state index contributed by atoms with van der Waals surface area (Å²) >= 11 is 1.54. The summed E-state index contributed by atoms with van der Waals surface area (Å²) in [6.45, 7) is 0.983. The number of anilines is 1. The average molecular weight is 348 g/mol. The van der Waals surface area contributed by atoms with Gasteiger partial charge in [0, 0.05) is 18.0 Å². The van der Waals surface area contributed by atoms with Crippen molar-refractivity contribution in [3.05, 3.63) is 53.6 Å². The van der Waals surface area contributed by atoms with Crippen LogP contribution in [0.15, 0.2) is 52.3 Å². The number of hydrogen-bond acceptors (Lipinski definition) is 4. The van der Waals surface area contributed by atoms with Crippen molar-refractivity contribution in [3.8, 4) is 0 Å². The van der Waals surface area contributed by atoms with Crippen LogP contribution in [-0.4, -0.2) is 21.2 Å². The van der Waals surface area contributed by atoms with Crippen molar-refractivity contribution in [2.75, 3.05) is 17.1 Å². The summed E-state index contributed by atoms with van der Waals surface area (Å²) in [5.41, 5.74) is 8.57. The summed E-state index contributed by atoms with van der Waals surface area (Å²) in [5, 5.41) is 0. The van der Waals surface area contributed by atoms with Crippen molar-refractivity contribution < 1.29 is 8.42 Å². The van der Waals surface area contributed by atoms with Crippen molar-refractivity contribution in [1.29, 1.82) is 0 Å². The number of aryl methyl sites for hydroxylation is 1. The highest BCUT2D eigenvalue weighted by Gasteiger charge is 2.29. The first-order valence-corrected chi connectivity index (χ1v) is 10.2. The fourth-order valence-electron chi connectivity index (χ4n) is 2.88. The third-order valence-electron chi connectivity index (χ3n) is 4.08. The Morgan fingerprint density at radius 2 is 2.04 bits per heavy atom. The van der Waals surface area contributed by atoms with Crippen molar-refractivity contribution in [3.63, 3.8) is 0 Å². The molecule has 4 nitrogen and oxygen atoms in total. The van der Waals surface area contributed by atoms with E-state index in [1.165, 1.54) is 16.1 Å². The van der Waals surface area contributed by atoms with E-state index < -0.39 is 10.0 Å². The Kier molecular flexibility index (Phi) is 4.66. The van der Waals surface area contributed by atoms with Crippen LogP contribution in [0.1, 0.15) is 17.5 Å². The van der Waals surface area contributed by atoms with E-state index >= 15 is 0 Å². The van der Waals surface area contributed by atoms with Crippen LogP contribution in [0.3, 0.4) is 0 Å². The molecule has 0 saturated heterocycles. The van der Waals surface area contributed by atoms with Gasteiger partial charge in [-0.3, -0.25) is 4.31 Å². The molecule has 0 spiro atoms. The number of rotatable bonds is 4. The molecule has 1 aliphatic heterocycles. The number of hydrogen-bond donors (Lipinski definition) is 1. The van der Waals surface area contributed by atoms with Crippen molar-refractivity contribution in [2.24, 2.45) is 5.73 Å². The lowest BCUT2D eigenvalue weighted by molar-refractivity contribution is 0.586. The fourth-order valence-corrected chi connectivity index (χ4v) is 5.00. The molecule has 23 heavy (non-hydrogen) atoms. The first kappa shape index (κ1) is 16.4. The maximum Gasteiger partial charge on any atom is 0.264 e. The van der Waals surface area contributed by atoms with Crippen LogP contribution in [0.2, 0.25) is 0 Å². The van der Waals surface area contributed by atoms with Gasteiger partial charge in [0.05, 0.1) is 10.6 Å². The van der Waals surface area contributed by atoms with Gasteiger partial charge in [-0.1, -0.05) is 18.2 Å². The lowest BCUT2D eigenvalue weighted by Crippen LogP contribution is -2.35. The summed E-state index contributed by atoms with van der Waals surface area (Å²) in [6.07, 6.45) is 3.65. The van der Waals surface area contributed by atoms with Gasteiger partial charge >= 0.3 is 0 Å². The molecule has 2 N–H and O–H groups in total. The summed E-state index contributed by atoms with van der Waals surface area (Å²) in [7, 11) is -3.54. The van der Waals surface area contributed by atoms with Crippen LogP contribution < -0.4 is 10.0 Å². The van der Waals surface area contributed by atoms with Gasteiger partial charge in [-0.2, -0.15) is 0 Å². The molecule has 3 rings (SSSR count). The minimum atomic E-state index is -3.54. The zero-order valence-corrected chi connectivity index (χ0v) is 14.7. The van der Waals surface area contributed by atoms with Crippen molar-refractivity contribution >= 4 is 27.5 Å². The number of nitrogens with two attached hydrogens (primary N) is 1. The molecule has 0 aromatic heterocycles. The van der Waals surface area contributed by atoms with E-state index in [0.29, 0.717) is 18.0 Å². The Bertz CT molecular complexity index is 819. The topological polar surface area (TPSA) is 63.4 Å². The molecule has 0 radical (unpaired) electrons. The lowest BCUT2D eigenvalue weighted by Gasteiger charge is -2.31. The second kappa shape index (κ2) is 6.55. The number of nitrogens with zero attached hydrogens (tertiary/aromatic N) is 1. The summed E-state index contributed by atoms with van der Waals surface area (Å²) < 4.78 is 27.7. The quantitative estimate of drug-likeness (QED) is 0.863. The second-order valence-corrected chi connectivity index (χ2v) is 8.27. The molecule has 2 aromatic carbocycles. The number of fused-ring (bicyclic) bond motifs is 1. The van der Waals surface area contributed by atoms with Crippen LogP contribution in [0, 0.1) is 0 Å². The highest BCUT2D eigenvalue weighted by Crippen LogP contribution is 2.33. The minimum absolute atomic E-state index is 0.347. The van der Waals surface area contributed by atoms with E-state index in [4.69, 9.17) is 5.73 Å². The number of sulfonamides is 1. The average Bonchev–Trinajstić information content (AvgIpc) is 2.60. The van der Waals surface area contributed by atoms with Crippen molar-refractivity contribution in [2.45, 2.75) is 29.2 Å². The molecule has 122 valence electrons. The van der Waals surface area contributed by atoms with E-state index in [-0.39, 0.29) is 0 Å². The van der Waals surface area contributed by atoms with Gasteiger partial charge in [-0.25, -0.2) is 8.42 Å². The maximum absolute atomic E-state index is 13.1. The molecule has 0 bridgehead atoms. The molecular weight excluding hydrogens is 328 g/mol. The maximum atomic E-state index is 13.1. The summed E-state index contributed by atoms with van der Waals surface area (Å²) in [4.78, 5) is 1.29. The van der Waals surface area contributed by atoms with E-state index in [1.54, 1.807) is 18.2 Å². The van der Waals surface area contributed by atoms with E-state index in [1.807, 2.05) is 30.5 Å². The monoisotopic (exact) mass is 348 g/mol. The molecule has 6 heteroatoms. The summed E-state index contributed by atoms with van der Waals surface area (Å²) in [5.74, 6) is 0. The largest absolute Gasteiger partial charge is 0.326 e. The third kappa shape index (κ3) is 3.11. The van der Waals surface area contributed by atoms with Crippen molar-refractivity contribution in [1.82, 2.24) is 0 Å². The Balaban J connectivity index is 2.05. The Morgan fingerprint density at radius 3 is 2.78 bits per heavy atom. The van der Waals surface area contributed by atoms with E-state index in [2.05, 4.69) is 0 Å². The molecular formula is C17H20N2O2S2. The smallest absolute Gasteiger partial charge is 0.264 e. The fraction of sp³-hybridized carbons (Fsp3) is 0.294. The number of thioether (sulfide) groups is 1. The molecule has 0 amide bonds. The van der Waals surface area contributed by atoms with Crippen LogP contribution in [0.4, 0.5) is 5.69 Å². The molecule has 0 fully saturated rings. The van der Waals surface area contributed by atoms with Gasteiger partial charge in [0.2, 0.25) is 0 Å². The molecule has 0 unspecified atom stereocenters. The molecule has 0 aliphatic carbocycles. The first-order chi connectivity index (χ1) is 11.1. The minimum Gasteiger partial charge on any atom is -0.326 e. The third-order valence-corrected chi connectivity index (χ3v) is 6.62. The zero-order chi connectivity index (χ0) is 16.4. The van der Waals surface area contributed by atoms with Gasteiger partial charge in [-0.05, 0) is 54.5 Å². The predicted octanol–water partition coefficient (Wildman–Crippen LogP) is 3.01. The van der Waals surface area contributed by atoms with Crippen LogP contribution in [-0.2, 0) is 23.0 Å². The number of benzene rings is 2. The van der Waals surface area contributed by atoms with Crippen LogP contribution in [0.5, 0.6) is 0 Å². The summed E-state index contributed by atoms with van der Waals surface area (Å²) in [6, 6.07) is 12.9. The van der Waals surface area contributed by atoms with Crippen LogP contribution in [0.25, 0.3) is 0 Å². The van der Waals surface area contributed by atoms with Gasteiger partial charge in [0.15, 0.2) is 0 Å². The molecule has 0 saturated carbocycles. The van der Waals surface area contributed by atoms with Gasteiger partial charge in [0.1, 0.15) is 0 Å². The SMILES string of the molecule is CSc1cccc(S(=O)(=O)N2CCCc3cc(CN)ccc32)c1. The van der Waals surface area contributed by atoms with Crippen LogP contribution >= 0.6 is 11.8 Å². The molecule has 2 aromatic rings. The van der Waals surface area contributed by atoms with E-state index in [9.17, 15) is 8.42 Å². The van der Waals surface area contributed by atoms with Gasteiger partial charge < -0.3 is 5.73 Å². The lowest BCUT2D eigenvalue weighted by atomic mass is 10.0. The molecule has 1 aliphatic rings. The van der Waals surface area contributed by atoms with Gasteiger partial charge in [-0.15, -0.1) is 11.8 Å². The zero-order valence-electron chi connectivity index (χ0n) is 13.0. The highest BCUT2D eigenvalue weighted by molar-refractivity contribution is 7.98. The normalized spacial score (nSPS) is 14.6. The molecule has 1 heterocycles. The molecule has 0 atom stereocenters. The standard InChI is InChI=1S/C17H20N2O2S2/c1-22-15-5-2-6-16(11-15)23(20,21)19-9-3-4-14-10-13(12-18)7-8-17(14)19/h2,5-8,10-11H,3-4,9,12,18H2,1H3. The Hall–Kier alpha value is -1.50.